The fourth-order valence-electron chi connectivity index (χ4n) is 2.75. The number of thioether (sulfide) groups is 1. The third-order valence-electron chi connectivity index (χ3n) is 4.30. The van der Waals surface area contributed by atoms with Crippen LogP contribution in [0.25, 0.3) is 0 Å². The number of nitrogens with zero attached hydrogens (tertiary/aromatic N) is 1. The Labute approximate surface area is 151 Å². The summed E-state index contributed by atoms with van der Waals surface area (Å²) in [6, 6.07) is 15.1. The lowest BCUT2D eigenvalue weighted by Gasteiger charge is -2.36. The predicted octanol–water partition coefficient (Wildman–Crippen LogP) is 2.84. The quantitative estimate of drug-likeness (QED) is 0.856. The maximum absolute atomic E-state index is 12.8. The molecule has 0 saturated carbocycles. The van der Waals surface area contributed by atoms with Gasteiger partial charge in [-0.25, -0.2) is 0 Å². The van der Waals surface area contributed by atoms with Gasteiger partial charge in [-0.3, -0.25) is 9.59 Å². The van der Waals surface area contributed by atoms with Gasteiger partial charge in [0.25, 0.3) is 5.91 Å². The normalized spacial score (nSPS) is 19.3. The summed E-state index contributed by atoms with van der Waals surface area (Å²) in [6.07, 6.45) is 0. The minimum Gasteiger partial charge on any atom is -0.497 e. The molecule has 0 aromatic heterocycles. The monoisotopic (exact) mass is 356 g/mol. The molecule has 6 heteroatoms. The van der Waals surface area contributed by atoms with Crippen LogP contribution in [0.2, 0.25) is 0 Å². The van der Waals surface area contributed by atoms with Crippen LogP contribution < -0.4 is 15.0 Å². The Hall–Kier alpha value is -2.47. The van der Waals surface area contributed by atoms with E-state index in [-0.39, 0.29) is 11.8 Å². The van der Waals surface area contributed by atoms with E-state index >= 15 is 0 Å². The molecule has 130 valence electrons. The van der Waals surface area contributed by atoms with E-state index < -0.39 is 4.75 Å². The topological polar surface area (TPSA) is 58.6 Å². The smallest absolute Gasteiger partial charge is 0.252 e. The van der Waals surface area contributed by atoms with Crippen molar-refractivity contribution < 1.29 is 14.3 Å². The second-order valence-corrected chi connectivity index (χ2v) is 7.46. The van der Waals surface area contributed by atoms with Crippen molar-refractivity contribution in [2.24, 2.45) is 0 Å². The molecule has 2 amide bonds. The number of hydrogen-bond donors (Lipinski definition) is 1. The zero-order valence-corrected chi connectivity index (χ0v) is 15.2. The summed E-state index contributed by atoms with van der Waals surface area (Å²) in [5, 5.41) is 2.88. The van der Waals surface area contributed by atoms with Gasteiger partial charge >= 0.3 is 0 Å². The first-order chi connectivity index (χ1) is 12.0. The van der Waals surface area contributed by atoms with Crippen molar-refractivity contribution in [3.05, 3.63) is 54.1 Å². The number of amides is 2. The number of ether oxygens (including phenoxy) is 1. The zero-order chi connectivity index (χ0) is 18.0. The Morgan fingerprint density at radius 3 is 2.56 bits per heavy atom. The molecule has 1 aliphatic heterocycles. The van der Waals surface area contributed by atoms with Gasteiger partial charge in [0.1, 0.15) is 5.75 Å². The van der Waals surface area contributed by atoms with E-state index in [1.165, 1.54) is 11.8 Å². The molecule has 1 N–H and O–H groups in total. The predicted molar refractivity (Wildman–Crippen MR) is 99.0 cm³/mol. The molecule has 0 radical (unpaired) electrons. The molecule has 25 heavy (non-hydrogen) atoms. The van der Waals surface area contributed by atoms with E-state index in [0.717, 1.165) is 21.9 Å². The fraction of sp³-hybridized carbons (Fsp3) is 0.263. The Morgan fingerprint density at radius 2 is 1.88 bits per heavy atom. The van der Waals surface area contributed by atoms with Crippen molar-refractivity contribution in [2.75, 3.05) is 19.1 Å². The standard InChI is InChI=1S/C19H20N2O3S/c1-19(17(22)20-12-13-8-10-14(24-3)11-9-13)18(23)21(2)15-6-4-5-7-16(15)25-19/h4-11H,12H2,1-3H3,(H,20,22). The second-order valence-electron chi connectivity index (χ2n) is 6.00. The lowest BCUT2D eigenvalue weighted by atomic mass is 10.1. The number of methoxy groups -OCH3 is 1. The summed E-state index contributed by atoms with van der Waals surface area (Å²) in [6.45, 7) is 2.04. The van der Waals surface area contributed by atoms with E-state index in [0.29, 0.717) is 6.54 Å². The highest BCUT2D eigenvalue weighted by atomic mass is 32.2. The number of fused-ring (bicyclic) bond motifs is 1. The van der Waals surface area contributed by atoms with Crippen LogP contribution in [0.15, 0.2) is 53.4 Å². The van der Waals surface area contributed by atoms with E-state index in [9.17, 15) is 9.59 Å². The largest absolute Gasteiger partial charge is 0.497 e. The van der Waals surface area contributed by atoms with Gasteiger partial charge in [0.2, 0.25) is 5.91 Å². The van der Waals surface area contributed by atoms with Gasteiger partial charge in [-0.05, 0) is 36.8 Å². The number of anilines is 1. The van der Waals surface area contributed by atoms with Crippen molar-refractivity contribution in [3.63, 3.8) is 0 Å². The van der Waals surface area contributed by atoms with Crippen molar-refractivity contribution in [3.8, 4) is 5.75 Å². The van der Waals surface area contributed by atoms with Crippen molar-refractivity contribution in [1.82, 2.24) is 5.32 Å². The SMILES string of the molecule is COc1ccc(CNC(=O)C2(C)Sc3ccccc3N(C)C2=O)cc1. The van der Waals surface area contributed by atoms with Crippen LogP contribution in [0.4, 0.5) is 5.69 Å². The molecule has 1 aliphatic rings. The zero-order valence-electron chi connectivity index (χ0n) is 14.4. The van der Waals surface area contributed by atoms with Gasteiger partial charge in [-0.1, -0.05) is 36.0 Å². The van der Waals surface area contributed by atoms with Crippen molar-refractivity contribution >= 4 is 29.3 Å². The summed E-state index contributed by atoms with van der Waals surface area (Å²) in [4.78, 5) is 28.0. The molecule has 0 fully saturated rings. The third-order valence-corrected chi connectivity index (χ3v) is 5.63. The van der Waals surface area contributed by atoms with Crippen molar-refractivity contribution in [2.45, 2.75) is 23.1 Å². The van der Waals surface area contributed by atoms with Gasteiger partial charge in [0.15, 0.2) is 4.75 Å². The fourth-order valence-corrected chi connectivity index (χ4v) is 4.04. The van der Waals surface area contributed by atoms with Crippen LogP contribution in [0.5, 0.6) is 5.75 Å². The van der Waals surface area contributed by atoms with Gasteiger partial charge in [0.05, 0.1) is 12.8 Å². The maximum Gasteiger partial charge on any atom is 0.252 e. The average molecular weight is 356 g/mol. The molecule has 1 heterocycles. The molecule has 1 unspecified atom stereocenters. The number of hydrogen-bond acceptors (Lipinski definition) is 4. The average Bonchev–Trinajstić information content (AvgIpc) is 2.64. The molecule has 3 rings (SSSR count). The molecule has 1 atom stereocenters. The minimum absolute atomic E-state index is 0.219. The van der Waals surface area contributed by atoms with Crippen LogP contribution >= 0.6 is 11.8 Å². The lowest BCUT2D eigenvalue weighted by molar-refractivity contribution is -0.131. The van der Waals surface area contributed by atoms with Gasteiger partial charge in [0, 0.05) is 18.5 Å². The molecular weight excluding hydrogens is 336 g/mol. The molecule has 0 bridgehead atoms. The number of carbonyl (C=O) groups is 2. The maximum atomic E-state index is 12.8. The highest BCUT2D eigenvalue weighted by Crippen LogP contribution is 2.44. The Balaban J connectivity index is 1.75. The highest BCUT2D eigenvalue weighted by molar-refractivity contribution is 8.02. The number of nitrogens with one attached hydrogen (secondary N) is 1. The molecule has 5 nitrogen and oxygen atoms in total. The lowest BCUT2D eigenvalue weighted by Crippen LogP contribution is -2.55. The molecular formula is C19H20N2O3S. The van der Waals surface area contributed by atoms with Crippen LogP contribution in [0, 0.1) is 0 Å². The molecule has 0 aliphatic carbocycles. The summed E-state index contributed by atoms with van der Waals surface area (Å²) in [7, 11) is 3.31. The number of para-hydroxylation sites is 1. The number of benzene rings is 2. The van der Waals surface area contributed by atoms with E-state index in [4.69, 9.17) is 4.74 Å². The number of carbonyl (C=O) groups excluding carboxylic acids is 2. The third kappa shape index (κ3) is 3.22. The van der Waals surface area contributed by atoms with Crippen LogP contribution in [-0.4, -0.2) is 30.7 Å². The Bertz CT molecular complexity index is 807. The van der Waals surface area contributed by atoms with E-state index in [1.807, 2.05) is 48.5 Å². The molecule has 2 aromatic carbocycles. The van der Waals surface area contributed by atoms with Crippen LogP contribution in [0.3, 0.4) is 0 Å². The first-order valence-electron chi connectivity index (χ1n) is 7.93. The first-order valence-corrected chi connectivity index (χ1v) is 8.75. The van der Waals surface area contributed by atoms with Gasteiger partial charge in [-0.2, -0.15) is 0 Å². The van der Waals surface area contributed by atoms with Crippen molar-refractivity contribution in [1.29, 1.82) is 0 Å². The Morgan fingerprint density at radius 1 is 1.20 bits per heavy atom. The van der Waals surface area contributed by atoms with Gasteiger partial charge in [-0.15, -0.1) is 0 Å². The van der Waals surface area contributed by atoms with Crippen LogP contribution in [-0.2, 0) is 16.1 Å². The van der Waals surface area contributed by atoms with Gasteiger partial charge < -0.3 is 15.0 Å². The summed E-state index contributed by atoms with van der Waals surface area (Å²) >= 11 is 1.30. The van der Waals surface area contributed by atoms with E-state index in [1.54, 1.807) is 26.0 Å². The first kappa shape index (κ1) is 17.4. The summed E-state index contributed by atoms with van der Waals surface area (Å²) < 4.78 is 3.94. The molecule has 2 aromatic rings. The molecule has 0 spiro atoms. The minimum atomic E-state index is -1.18. The van der Waals surface area contributed by atoms with E-state index in [2.05, 4.69) is 5.32 Å². The van der Waals surface area contributed by atoms with Crippen LogP contribution in [0.1, 0.15) is 12.5 Å². The summed E-state index contributed by atoms with van der Waals surface area (Å²) in [5.74, 6) is 0.251. The number of rotatable bonds is 4. The highest BCUT2D eigenvalue weighted by Gasteiger charge is 2.48. The summed E-state index contributed by atoms with van der Waals surface area (Å²) in [5.41, 5.74) is 1.78. The second kappa shape index (κ2) is 6.80. The Kier molecular flexibility index (Phi) is 4.72. The molecule has 0 saturated heterocycles.